The molecule has 0 amide bonds. The first-order valence-corrected chi connectivity index (χ1v) is 5.90. The van der Waals surface area contributed by atoms with Crippen molar-refractivity contribution in [1.29, 1.82) is 0 Å². The predicted octanol–water partition coefficient (Wildman–Crippen LogP) is 2.65. The van der Waals surface area contributed by atoms with Gasteiger partial charge in [0.15, 0.2) is 0 Å². The number of H-pyrrole nitrogens is 1. The first-order valence-electron chi connectivity index (χ1n) is 5.90. The molecule has 0 aliphatic carbocycles. The Morgan fingerprint density at radius 3 is 2.26 bits per heavy atom. The van der Waals surface area contributed by atoms with Gasteiger partial charge < -0.3 is 0 Å². The Balaban J connectivity index is 3.57. The molecule has 96 valence electrons. The molecule has 0 saturated carbocycles. The summed E-state index contributed by atoms with van der Waals surface area (Å²) >= 11 is 0. The normalized spacial score (nSPS) is 13.8. The lowest BCUT2D eigenvalue weighted by Crippen LogP contribution is -2.24. The van der Waals surface area contributed by atoms with Crippen LogP contribution in [0, 0.1) is 0 Å². The minimum atomic E-state index is 0.839. The lowest BCUT2D eigenvalue weighted by molar-refractivity contribution is 1.05. The Labute approximate surface area is 113 Å². The highest BCUT2D eigenvalue weighted by Gasteiger charge is 2.04. The zero-order valence-corrected chi connectivity index (χ0v) is 11.0. The van der Waals surface area contributed by atoms with E-state index in [1.165, 1.54) is 0 Å². The second-order valence-electron chi connectivity index (χ2n) is 3.66. The van der Waals surface area contributed by atoms with Gasteiger partial charge in [0.25, 0.3) is 0 Å². The van der Waals surface area contributed by atoms with Gasteiger partial charge in [-0.2, -0.15) is 5.10 Å². The van der Waals surface area contributed by atoms with Gasteiger partial charge in [-0.1, -0.05) is 74.9 Å². The van der Waals surface area contributed by atoms with Crippen molar-refractivity contribution in [2.75, 3.05) is 0 Å². The van der Waals surface area contributed by atoms with Crippen LogP contribution in [0.1, 0.15) is 5.69 Å². The number of hydrogen-bond donors (Lipinski definition) is 1. The lowest BCUT2D eigenvalue weighted by atomic mass is 10.1. The van der Waals surface area contributed by atoms with Crippen LogP contribution in [0.15, 0.2) is 68.8 Å². The summed E-state index contributed by atoms with van der Waals surface area (Å²) in [6.45, 7) is 14.8. The maximum Gasteiger partial charge on any atom is 0.0999 e. The van der Waals surface area contributed by atoms with E-state index < -0.39 is 0 Å². The molecule has 1 N–H and O–H groups in total. The van der Waals surface area contributed by atoms with Crippen molar-refractivity contribution >= 4 is 17.7 Å². The molecule has 0 aliphatic heterocycles. The molecule has 0 aromatic carbocycles. The first-order chi connectivity index (χ1) is 9.28. The van der Waals surface area contributed by atoms with Crippen LogP contribution in [0.3, 0.4) is 0 Å². The number of hydrogen-bond acceptors (Lipinski definition) is 1. The van der Waals surface area contributed by atoms with Gasteiger partial charge in [-0.15, -0.1) is 0 Å². The molecule has 1 heterocycles. The molecule has 1 rings (SSSR count). The van der Waals surface area contributed by atoms with Gasteiger partial charge in [-0.25, -0.2) is 0 Å². The molecule has 0 radical (unpaired) electrons. The van der Waals surface area contributed by atoms with Crippen LogP contribution < -0.4 is 10.6 Å². The molecule has 1 aromatic heterocycles. The van der Waals surface area contributed by atoms with Crippen LogP contribution >= 0.6 is 0 Å². The fourth-order valence-corrected chi connectivity index (χ4v) is 1.63. The predicted molar refractivity (Wildman–Crippen MR) is 84.7 cm³/mol. The molecule has 2 heteroatoms. The Hall–Kier alpha value is -2.61. The molecule has 0 spiro atoms. The number of allylic oxidation sites excluding steroid dienone is 8. The molecular formula is C17H18N2. The van der Waals surface area contributed by atoms with Gasteiger partial charge in [0, 0.05) is 10.8 Å². The van der Waals surface area contributed by atoms with E-state index in [-0.39, 0.29) is 0 Å². The first kappa shape index (κ1) is 14.5. The number of nitrogens with one attached hydrogen (secondary N) is 1. The van der Waals surface area contributed by atoms with E-state index in [9.17, 15) is 0 Å². The van der Waals surface area contributed by atoms with Crippen molar-refractivity contribution in [3.63, 3.8) is 0 Å². The summed E-state index contributed by atoms with van der Waals surface area (Å²) < 4.78 is 0. The number of rotatable bonds is 6. The van der Waals surface area contributed by atoms with E-state index in [0.29, 0.717) is 0 Å². The highest BCUT2D eigenvalue weighted by molar-refractivity contribution is 5.74. The quantitative estimate of drug-likeness (QED) is 0.773. The summed E-state index contributed by atoms with van der Waals surface area (Å²) in [6.07, 6.45) is 16.4. The Kier molecular flexibility index (Phi) is 5.83. The summed E-state index contributed by atoms with van der Waals surface area (Å²) in [5, 5.41) is 9.19. The highest BCUT2D eigenvalue weighted by Crippen LogP contribution is 2.08. The molecule has 0 unspecified atom stereocenters. The minimum Gasteiger partial charge on any atom is -0.277 e. The summed E-state index contributed by atoms with van der Waals surface area (Å²) in [5.41, 5.74) is 1.79. The van der Waals surface area contributed by atoms with Crippen molar-refractivity contribution in [3.05, 3.63) is 85.1 Å². The average molecular weight is 250 g/mol. The van der Waals surface area contributed by atoms with Gasteiger partial charge in [0.05, 0.1) is 11.0 Å². The summed E-state index contributed by atoms with van der Waals surface area (Å²) in [6, 6.07) is 0. The van der Waals surface area contributed by atoms with E-state index >= 15 is 0 Å². The van der Waals surface area contributed by atoms with Crippen LogP contribution in [-0.4, -0.2) is 10.2 Å². The Bertz CT molecular complexity index is 652. The van der Waals surface area contributed by atoms with E-state index in [0.717, 1.165) is 21.8 Å². The number of nitrogens with zero attached hydrogens (tertiary/aromatic N) is 1. The number of aromatic nitrogens is 2. The molecular weight excluding hydrogens is 232 g/mol. The van der Waals surface area contributed by atoms with Crippen LogP contribution in [0.2, 0.25) is 0 Å². The van der Waals surface area contributed by atoms with Gasteiger partial charge in [-0.05, 0) is 6.08 Å². The zero-order valence-electron chi connectivity index (χ0n) is 11.0. The Morgan fingerprint density at radius 2 is 1.68 bits per heavy atom. The average Bonchev–Trinajstić information content (AvgIpc) is 2.79. The lowest BCUT2D eigenvalue weighted by Gasteiger charge is -1.95. The van der Waals surface area contributed by atoms with Crippen molar-refractivity contribution < 1.29 is 0 Å². The third-order valence-corrected chi connectivity index (χ3v) is 2.39. The molecule has 2 nitrogen and oxygen atoms in total. The molecule has 0 atom stereocenters. The largest absolute Gasteiger partial charge is 0.277 e. The highest BCUT2D eigenvalue weighted by atomic mass is 15.1. The third-order valence-electron chi connectivity index (χ3n) is 2.39. The van der Waals surface area contributed by atoms with Crippen LogP contribution in [0.5, 0.6) is 0 Å². The summed E-state index contributed by atoms with van der Waals surface area (Å²) in [7, 11) is 0. The van der Waals surface area contributed by atoms with Crippen LogP contribution in [0.25, 0.3) is 17.7 Å². The van der Waals surface area contributed by atoms with E-state index in [1.54, 1.807) is 24.3 Å². The van der Waals surface area contributed by atoms with Crippen molar-refractivity contribution in [1.82, 2.24) is 10.2 Å². The molecule has 0 fully saturated rings. The summed E-state index contributed by atoms with van der Waals surface area (Å²) in [5.74, 6) is 0. The second-order valence-corrected chi connectivity index (χ2v) is 3.66. The maximum atomic E-state index is 4.34. The third kappa shape index (κ3) is 3.68. The Morgan fingerprint density at radius 1 is 0.947 bits per heavy atom. The monoisotopic (exact) mass is 250 g/mol. The maximum absolute atomic E-state index is 4.34. The van der Waals surface area contributed by atoms with Crippen LogP contribution in [0.4, 0.5) is 0 Å². The van der Waals surface area contributed by atoms with Gasteiger partial charge in [0.1, 0.15) is 0 Å². The second kappa shape index (κ2) is 7.67. The standard InChI is InChI=1S/C17H18N2/c1-5-9-13-14(10-6-2)17-15(11-7-3)16(12-8-4)18-19-17/h5-13,18H,1-4H2/b13-9-,14-10+,15-11+,16-12+. The van der Waals surface area contributed by atoms with Crippen molar-refractivity contribution in [3.8, 4) is 0 Å². The fourth-order valence-electron chi connectivity index (χ4n) is 1.63. The zero-order chi connectivity index (χ0) is 14.1. The molecule has 1 aromatic rings. The molecule has 0 bridgehead atoms. The van der Waals surface area contributed by atoms with Crippen molar-refractivity contribution in [2.45, 2.75) is 0 Å². The topological polar surface area (TPSA) is 28.7 Å². The van der Waals surface area contributed by atoms with E-state index in [1.807, 2.05) is 30.4 Å². The van der Waals surface area contributed by atoms with E-state index in [2.05, 4.69) is 36.5 Å². The molecule has 0 aliphatic rings. The van der Waals surface area contributed by atoms with Crippen LogP contribution in [-0.2, 0) is 0 Å². The van der Waals surface area contributed by atoms with Crippen molar-refractivity contribution in [2.24, 2.45) is 0 Å². The molecule has 19 heavy (non-hydrogen) atoms. The minimum absolute atomic E-state index is 0.839. The molecule has 0 saturated heterocycles. The SMILES string of the molecule is C=C/C=C\C(=C/C=C)c1n[nH]c(=C/C=C)/c1=C\C=C. The fraction of sp³-hybridized carbons (Fsp3) is 0. The number of aromatic amines is 1. The summed E-state index contributed by atoms with van der Waals surface area (Å²) in [4.78, 5) is 0. The van der Waals surface area contributed by atoms with E-state index in [4.69, 9.17) is 0 Å². The smallest absolute Gasteiger partial charge is 0.0999 e. The van der Waals surface area contributed by atoms with Gasteiger partial charge in [-0.3, -0.25) is 5.10 Å². The van der Waals surface area contributed by atoms with Gasteiger partial charge in [0.2, 0.25) is 0 Å². The van der Waals surface area contributed by atoms with Gasteiger partial charge >= 0.3 is 0 Å².